The molecule has 1 N–H and O–H groups in total. The van der Waals surface area contributed by atoms with Crippen molar-refractivity contribution >= 4 is 11.6 Å². The van der Waals surface area contributed by atoms with E-state index in [4.69, 9.17) is 9.26 Å². The number of rotatable bonds is 7. The molecule has 4 heterocycles. The quantitative estimate of drug-likeness (QED) is 0.425. The maximum absolute atomic E-state index is 12.6. The van der Waals surface area contributed by atoms with Crippen LogP contribution in [-0.2, 0) is 13.2 Å². The molecule has 0 bridgehead atoms. The number of carbonyl (C=O) groups is 1. The molecule has 0 aliphatic rings. The first kappa shape index (κ1) is 19.4. The Morgan fingerprint density at radius 1 is 1.06 bits per heavy atom. The summed E-state index contributed by atoms with van der Waals surface area (Å²) in [6, 6.07) is 16.3. The number of benzene rings is 1. The van der Waals surface area contributed by atoms with Gasteiger partial charge in [0.2, 0.25) is 11.7 Å². The maximum Gasteiger partial charge on any atom is 0.251 e. The molecular formula is C23H18N6O3. The normalized spacial score (nSPS) is 10.9. The van der Waals surface area contributed by atoms with Crippen LogP contribution in [0.3, 0.4) is 0 Å². The van der Waals surface area contributed by atoms with Gasteiger partial charge in [0.1, 0.15) is 18.0 Å². The second-order valence-corrected chi connectivity index (χ2v) is 6.95. The van der Waals surface area contributed by atoms with Gasteiger partial charge < -0.3 is 19.0 Å². The number of nitrogens with one attached hydrogen (secondary N) is 1. The van der Waals surface area contributed by atoms with Crippen molar-refractivity contribution in [2.75, 3.05) is 0 Å². The monoisotopic (exact) mass is 426 g/mol. The molecule has 0 radical (unpaired) electrons. The zero-order chi connectivity index (χ0) is 21.8. The van der Waals surface area contributed by atoms with Gasteiger partial charge in [0.05, 0.1) is 12.2 Å². The van der Waals surface area contributed by atoms with E-state index >= 15 is 0 Å². The molecule has 0 unspecified atom stereocenters. The Balaban J connectivity index is 1.19. The standard InChI is InChI=1S/C23H18N6O3/c30-23(25-13-21-27-22(28-32-21)16-7-9-24-10-8-16)17-4-3-5-19(12-17)31-15-18-14-29-11-2-1-6-20(29)26-18/h1-12,14H,13,15H2,(H,25,30). The van der Waals surface area contributed by atoms with E-state index in [2.05, 4.69) is 25.4 Å². The van der Waals surface area contributed by atoms with Crippen molar-refractivity contribution in [3.8, 4) is 17.1 Å². The maximum atomic E-state index is 12.6. The van der Waals surface area contributed by atoms with E-state index in [1.807, 2.05) is 35.0 Å². The Bertz CT molecular complexity index is 1330. The van der Waals surface area contributed by atoms with Crippen LogP contribution in [0.25, 0.3) is 17.0 Å². The molecule has 4 aromatic heterocycles. The molecule has 0 spiro atoms. The predicted molar refractivity (Wildman–Crippen MR) is 115 cm³/mol. The fourth-order valence-electron chi connectivity index (χ4n) is 3.14. The van der Waals surface area contributed by atoms with Gasteiger partial charge >= 0.3 is 0 Å². The van der Waals surface area contributed by atoms with Gasteiger partial charge in [0.25, 0.3) is 5.91 Å². The third-order valence-corrected chi connectivity index (χ3v) is 4.70. The molecule has 0 saturated heterocycles. The third-order valence-electron chi connectivity index (χ3n) is 4.70. The average Bonchev–Trinajstić information content (AvgIpc) is 3.49. The zero-order valence-electron chi connectivity index (χ0n) is 16.9. The summed E-state index contributed by atoms with van der Waals surface area (Å²) >= 11 is 0. The summed E-state index contributed by atoms with van der Waals surface area (Å²) in [6.45, 7) is 0.412. The van der Waals surface area contributed by atoms with Crippen molar-refractivity contribution in [1.82, 2.24) is 29.8 Å². The zero-order valence-corrected chi connectivity index (χ0v) is 16.9. The molecule has 9 heteroatoms. The van der Waals surface area contributed by atoms with Crippen LogP contribution in [0.15, 0.2) is 83.9 Å². The number of ether oxygens (including phenoxy) is 1. The molecule has 1 aromatic carbocycles. The number of carbonyl (C=O) groups excluding carboxylic acids is 1. The van der Waals surface area contributed by atoms with Gasteiger partial charge in [-0.15, -0.1) is 0 Å². The minimum Gasteiger partial charge on any atom is -0.487 e. The molecule has 5 aromatic rings. The molecule has 32 heavy (non-hydrogen) atoms. The Kier molecular flexibility index (Phi) is 5.27. The molecule has 0 aliphatic carbocycles. The fraction of sp³-hybridized carbons (Fsp3) is 0.0870. The first-order chi connectivity index (χ1) is 15.7. The highest BCUT2D eigenvalue weighted by Crippen LogP contribution is 2.17. The highest BCUT2D eigenvalue weighted by Gasteiger charge is 2.12. The van der Waals surface area contributed by atoms with Crippen molar-refractivity contribution in [3.63, 3.8) is 0 Å². The van der Waals surface area contributed by atoms with E-state index in [1.165, 1.54) is 0 Å². The van der Waals surface area contributed by atoms with Crippen LogP contribution in [0.1, 0.15) is 21.9 Å². The number of nitrogens with zero attached hydrogens (tertiary/aromatic N) is 5. The van der Waals surface area contributed by atoms with Crippen molar-refractivity contribution in [2.45, 2.75) is 13.2 Å². The van der Waals surface area contributed by atoms with Crippen molar-refractivity contribution < 1.29 is 14.1 Å². The molecule has 0 fully saturated rings. The number of aromatic nitrogens is 5. The molecule has 9 nitrogen and oxygen atoms in total. The third kappa shape index (κ3) is 4.31. The van der Waals surface area contributed by atoms with Crippen LogP contribution in [0.5, 0.6) is 5.75 Å². The predicted octanol–water partition coefficient (Wildman–Crippen LogP) is 3.29. The lowest BCUT2D eigenvalue weighted by Gasteiger charge is -2.07. The smallest absolute Gasteiger partial charge is 0.251 e. The lowest BCUT2D eigenvalue weighted by atomic mass is 10.2. The van der Waals surface area contributed by atoms with Crippen molar-refractivity contribution in [2.24, 2.45) is 0 Å². The average molecular weight is 426 g/mol. The molecule has 5 rings (SSSR count). The SMILES string of the molecule is O=C(NCc1nc(-c2ccncc2)no1)c1cccc(OCc2cn3ccccc3n2)c1. The topological polar surface area (TPSA) is 107 Å². The van der Waals surface area contributed by atoms with Gasteiger partial charge in [-0.2, -0.15) is 4.98 Å². The van der Waals surface area contributed by atoms with Gasteiger partial charge in [-0.05, 0) is 42.5 Å². The summed E-state index contributed by atoms with van der Waals surface area (Å²) in [5.74, 6) is 1.06. The highest BCUT2D eigenvalue weighted by atomic mass is 16.5. The van der Waals surface area contributed by atoms with Gasteiger partial charge in [0.15, 0.2) is 0 Å². The highest BCUT2D eigenvalue weighted by molar-refractivity contribution is 5.94. The first-order valence-corrected chi connectivity index (χ1v) is 9.91. The van der Waals surface area contributed by atoms with Crippen LogP contribution in [-0.4, -0.2) is 30.4 Å². The van der Waals surface area contributed by atoms with E-state index in [1.54, 1.807) is 48.8 Å². The Morgan fingerprint density at radius 3 is 2.84 bits per heavy atom. The van der Waals surface area contributed by atoms with Crippen LogP contribution in [0.4, 0.5) is 0 Å². The number of hydrogen-bond donors (Lipinski definition) is 1. The molecule has 0 atom stereocenters. The Hall–Kier alpha value is -4.53. The lowest BCUT2D eigenvalue weighted by Crippen LogP contribution is -2.22. The van der Waals surface area contributed by atoms with E-state index < -0.39 is 0 Å². The molecule has 158 valence electrons. The second kappa shape index (κ2) is 8.68. The minimum absolute atomic E-state index is 0.114. The first-order valence-electron chi connectivity index (χ1n) is 9.91. The number of fused-ring (bicyclic) bond motifs is 1. The Morgan fingerprint density at radius 2 is 1.97 bits per heavy atom. The number of hydrogen-bond acceptors (Lipinski definition) is 7. The van der Waals surface area contributed by atoms with Crippen molar-refractivity contribution in [3.05, 3.63) is 96.5 Å². The number of amides is 1. The van der Waals surface area contributed by atoms with Crippen LogP contribution in [0, 0.1) is 0 Å². The van der Waals surface area contributed by atoms with Crippen LogP contribution in [0.2, 0.25) is 0 Å². The van der Waals surface area contributed by atoms with E-state index in [-0.39, 0.29) is 12.5 Å². The molecule has 0 saturated carbocycles. The van der Waals surface area contributed by atoms with Gasteiger partial charge in [0, 0.05) is 35.9 Å². The summed E-state index contributed by atoms with van der Waals surface area (Å²) in [7, 11) is 0. The molecular weight excluding hydrogens is 408 g/mol. The fourth-order valence-corrected chi connectivity index (χ4v) is 3.14. The van der Waals surface area contributed by atoms with Gasteiger partial charge in [-0.3, -0.25) is 9.78 Å². The Labute approximate surface area is 182 Å². The van der Waals surface area contributed by atoms with E-state index in [0.29, 0.717) is 29.6 Å². The van der Waals surface area contributed by atoms with E-state index in [9.17, 15) is 4.79 Å². The van der Waals surface area contributed by atoms with E-state index in [0.717, 1.165) is 16.9 Å². The van der Waals surface area contributed by atoms with Gasteiger partial charge in [-0.25, -0.2) is 4.98 Å². The largest absolute Gasteiger partial charge is 0.487 e. The van der Waals surface area contributed by atoms with Gasteiger partial charge in [-0.1, -0.05) is 17.3 Å². The van der Waals surface area contributed by atoms with Crippen molar-refractivity contribution in [1.29, 1.82) is 0 Å². The second-order valence-electron chi connectivity index (χ2n) is 6.95. The summed E-state index contributed by atoms with van der Waals surface area (Å²) in [6.07, 6.45) is 7.14. The summed E-state index contributed by atoms with van der Waals surface area (Å²) in [5, 5.41) is 6.71. The minimum atomic E-state index is -0.271. The lowest BCUT2D eigenvalue weighted by molar-refractivity contribution is 0.0945. The van der Waals surface area contributed by atoms with Crippen LogP contribution >= 0.6 is 0 Å². The summed E-state index contributed by atoms with van der Waals surface area (Å²) in [4.78, 5) is 25.3. The number of imidazole rings is 1. The van der Waals surface area contributed by atoms with Crippen LogP contribution < -0.4 is 10.1 Å². The molecule has 0 aliphatic heterocycles. The molecule has 1 amide bonds. The number of pyridine rings is 2. The summed E-state index contributed by atoms with van der Waals surface area (Å²) in [5.41, 5.74) is 2.91. The summed E-state index contributed by atoms with van der Waals surface area (Å²) < 4.78 is 13.0.